The van der Waals surface area contributed by atoms with Crippen LogP contribution in [-0.2, 0) is 0 Å². The van der Waals surface area contributed by atoms with E-state index < -0.39 is 11.6 Å². The first-order valence-electron chi connectivity index (χ1n) is 21.3. The molecule has 0 radical (unpaired) electrons. The fourth-order valence-corrected chi connectivity index (χ4v) is 5.54. The third-order valence-corrected chi connectivity index (χ3v) is 10.2. The Morgan fingerprint density at radius 3 is 0.656 bits per heavy atom. The molecule has 0 nitrogen and oxygen atoms in total. The highest BCUT2D eigenvalue weighted by molar-refractivity contribution is 5.25. The van der Waals surface area contributed by atoms with Crippen molar-refractivity contribution < 1.29 is 23.4 Å². The second-order valence-corrected chi connectivity index (χ2v) is 16.8. The standard InChI is InChI=1S/C8H8F2.3C8H9F.C8H16.2C8H10.H2/c1-5-3-4-6(2)8(10)7(5)9;3*1-6-3-4-7(2)8(9)5-6;3*1-7-3-5-8(2)6-4-7;/h3-4H,1-2H3;3*3-5H,1-2H3;7-8H,3-6H2,1-2H3;2*3-6H,1-2H3;1H/i;;;;;;;1+1. The van der Waals surface area contributed by atoms with E-state index in [2.05, 4.69) is 90.1 Å². The lowest BCUT2D eigenvalue weighted by molar-refractivity contribution is 0.308. The first-order chi connectivity index (χ1) is 28.6. The maximum Gasteiger partial charge on any atom is 0.161 e. The van der Waals surface area contributed by atoms with Crippen LogP contribution in [0.4, 0.5) is 22.0 Å². The van der Waals surface area contributed by atoms with E-state index in [1.165, 1.54) is 80.0 Å². The van der Waals surface area contributed by atoms with Crippen molar-refractivity contribution in [3.05, 3.63) is 211 Å². The molecule has 61 heavy (non-hydrogen) atoms. The minimum absolute atomic E-state index is 0. The summed E-state index contributed by atoms with van der Waals surface area (Å²) in [4.78, 5) is 0. The SMILES string of the molecule is CC1CCC(C)CC1.Cc1ccc(C)c(F)c1.Cc1ccc(C)c(F)c1.Cc1ccc(C)c(F)c1.Cc1ccc(C)c(F)c1F.Cc1ccc(C)cc1.Cc1ccc(C)cc1.[2HH]. The minimum Gasteiger partial charge on any atom is -0.207 e. The molecule has 1 aliphatic rings. The Kier molecular flexibility index (Phi) is 25.2. The molecule has 7 rings (SSSR count). The summed E-state index contributed by atoms with van der Waals surface area (Å²) in [5, 5.41) is 0. The number of hydrogen-bond donors (Lipinski definition) is 0. The van der Waals surface area contributed by atoms with Crippen LogP contribution in [0.1, 0.15) is 108 Å². The zero-order chi connectivity index (χ0) is 46.2. The van der Waals surface area contributed by atoms with E-state index in [1.54, 1.807) is 51.1 Å². The number of aryl methyl sites for hydroxylation is 12. The van der Waals surface area contributed by atoms with Crippen molar-refractivity contribution in [3.8, 4) is 0 Å². The zero-order valence-corrected chi connectivity index (χ0v) is 39.3. The van der Waals surface area contributed by atoms with Gasteiger partial charge in [-0.3, -0.25) is 0 Å². The molecule has 0 aromatic heterocycles. The molecule has 1 saturated carbocycles. The Balaban J connectivity index is 0.000000699. The molecule has 0 heterocycles. The number of halogens is 5. The van der Waals surface area contributed by atoms with Crippen molar-refractivity contribution >= 4 is 0 Å². The minimum atomic E-state index is -0.736. The second kappa shape index (κ2) is 28.5. The summed E-state index contributed by atoms with van der Waals surface area (Å²) in [6.45, 7) is 27.1. The maximum atomic E-state index is 12.6. The molecule has 0 atom stereocenters. The molecule has 1 fully saturated rings. The summed E-state index contributed by atoms with van der Waals surface area (Å²) < 4.78 is 63.0. The fourth-order valence-electron chi connectivity index (χ4n) is 5.54. The normalized spacial score (nSPS) is 13.6. The second-order valence-electron chi connectivity index (χ2n) is 16.8. The molecule has 0 aliphatic heterocycles. The largest absolute Gasteiger partial charge is 0.207 e. The van der Waals surface area contributed by atoms with Gasteiger partial charge in [0.2, 0.25) is 0 Å². The van der Waals surface area contributed by atoms with Crippen molar-refractivity contribution in [1.29, 1.82) is 0 Å². The molecule has 5 heteroatoms. The smallest absolute Gasteiger partial charge is 0.161 e. The molecule has 0 unspecified atom stereocenters. The molecule has 332 valence electrons. The van der Waals surface area contributed by atoms with Gasteiger partial charge in [-0.1, -0.05) is 159 Å². The van der Waals surface area contributed by atoms with Crippen LogP contribution >= 0.6 is 0 Å². The predicted octanol–water partition coefficient (Wildman–Crippen LogP) is 17.6. The summed E-state index contributed by atoms with van der Waals surface area (Å²) in [6, 6.07) is 35.8. The molecule has 0 amide bonds. The quantitative estimate of drug-likeness (QED) is 0.134. The highest BCUT2D eigenvalue weighted by Gasteiger charge is 2.13. The van der Waals surface area contributed by atoms with Crippen LogP contribution in [0.3, 0.4) is 0 Å². The lowest BCUT2D eigenvalue weighted by atomic mass is 9.84. The van der Waals surface area contributed by atoms with Crippen molar-refractivity contribution in [2.75, 3.05) is 0 Å². The van der Waals surface area contributed by atoms with Crippen LogP contribution in [-0.4, -0.2) is 0 Å². The average Bonchev–Trinajstić information content (AvgIpc) is 3.22. The lowest BCUT2D eigenvalue weighted by Crippen LogP contribution is -2.08. The van der Waals surface area contributed by atoms with Crippen molar-refractivity contribution in [3.63, 3.8) is 0 Å². The topological polar surface area (TPSA) is 0 Å². The van der Waals surface area contributed by atoms with E-state index in [-0.39, 0.29) is 18.9 Å². The van der Waals surface area contributed by atoms with Crippen LogP contribution in [0, 0.1) is 124 Å². The van der Waals surface area contributed by atoms with Crippen LogP contribution in [0.25, 0.3) is 0 Å². The van der Waals surface area contributed by atoms with Gasteiger partial charge in [-0.05, 0) is 158 Å². The van der Waals surface area contributed by atoms with Gasteiger partial charge in [0.25, 0.3) is 0 Å². The number of benzene rings is 6. The first-order valence-corrected chi connectivity index (χ1v) is 21.3. The van der Waals surface area contributed by atoms with Gasteiger partial charge >= 0.3 is 0 Å². The molecular formula is C56H73F5. The third kappa shape index (κ3) is 23.5. The van der Waals surface area contributed by atoms with E-state index in [9.17, 15) is 22.0 Å². The van der Waals surface area contributed by atoms with Gasteiger partial charge in [0.05, 0.1) is 0 Å². The highest BCUT2D eigenvalue weighted by Crippen LogP contribution is 2.27. The fraction of sp³-hybridized carbons (Fsp3) is 0.357. The molecule has 0 saturated heterocycles. The molecular weight excluding hydrogens is 768 g/mol. The van der Waals surface area contributed by atoms with Gasteiger partial charge < -0.3 is 0 Å². The van der Waals surface area contributed by atoms with Crippen LogP contribution < -0.4 is 0 Å². The van der Waals surface area contributed by atoms with Gasteiger partial charge in [0, 0.05) is 1.43 Å². The maximum absolute atomic E-state index is 12.6. The van der Waals surface area contributed by atoms with E-state index in [1.807, 2.05) is 39.0 Å². The van der Waals surface area contributed by atoms with E-state index in [0.29, 0.717) is 27.8 Å². The van der Waals surface area contributed by atoms with Crippen LogP contribution in [0.5, 0.6) is 0 Å². The molecule has 0 N–H and O–H groups in total. The van der Waals surface area contributed by atoms with Gasteiger partial charge in [-0.2, -0.15) is 0 Å². The van der Waals surface area contributed by atoms with Crippen LogP contribution in [0.2, 0.25) is 0 Å². The summed E-state index contributed by atoms with van der Waals surface area (Å²) in [5.41, 5.74) is 11.1. The average molecular weight is 842 g/mol. The van der Waals surface area contributed by atoms with Crippen LogP contribution in [0.15, 0.2) is 115 Å². The van der Waals surface area contributed by atoms with Gasteiger partial charge in [-0.15, -0.1) is 0 Å². The summed E-state index contributed by atoms with van der Waals surface area (Å²) in [5.74, 6) is 0.220. The molecule has 6 aromatic rings. The summed E-state index contributed by atoms with van der Waals surface area (Å²) >= 11 is 0. The van der Waals surface area contributed by atoms with Gasteiger partial charge in [0.1, 0.15) is 17.5 Å². The zero-order valence-electron chi connectivity index (χ0n) is 39.3. The molecule has 0 spiro atoms. The monoisotopic (exact) mass is 842 g/mol. The van der Waals surface area contributed by atoms with Crippen molar-refractivity contribution in [1.82, 2.24) is 0 Å². The molecule has 1 aliphatic carbocycles. The summed E-state index contributed by atoms with van der Waals surface area (Å²) in [6.07, 6.45) is 5.89. The lowest BCUT2D eigenvalue weighted by Gasteiger charge is -2.22. The van der Waals surface area contributed by atoms with E-state index in [4.69, 9.17) is 0 Å². The van der Waals surface area contributed by atoms with E-state index >= 15 is 0 Å². The molecule has 0 bridgehead atoms. The Hall–Kier alpha value is -5.03. The number of hydrogen-bond acceptors (Lipinski definition) is 0. The van der Waals surface area contributed by atoms with Crippen molar-refractivity contribution in [2.45, 2.75) is 123 Å². The Morgan fingerprint density at radius 1 is 0.295 bits per heavy atom. The Labute approximate surface area is 367 Å². The Bertz CT molecular complexity index is 1910. The van der Waals surface area contributed by atoms with Crippen molar-refractivity contribution in [2.24, 2.45) is 11.8 Å². The predicted molar refractivity (Wildman–Crippen MR) is 254 cm³/mol. The first kappa shape index (κ1) is 54.0. The van der Waals surface area contributed by atoms with Gasteiger partial charge in [0.15, 0.2) is 11.6 Å². The van der Waals surface area contributed by atoms with E-state index in [0.717, 1.165) is 28.5 Å². The van der Waals surface area contributed by atoms with Gasteiger partial charge in [-0.25, -0.2) is 22.0 Å². The number of rotatable bonds is 0. The summed E-state index contributed by atoms with van der Waals surface area (Å²) in [7, 11) is 0. The molecule has 6 aromatic carbocycles. The third-order valence-electron chi connectivity index (χ3n) is 10.2. The Morgan fingerprint density at radius 2 is 0.475 bits per heavy atom. The highest BCUT2D eigenvalue weighted by atomic mass is 19.2.